The summed E-state index contributed by atoms with van der Waals surface area (Å²) in [5.74, 6) is 0.377. The molecule has 2 aromatic heterocycles. The summed E-state index contributed by atoms with van der Waals surface area (Å²) < 4.78 is 37.8. The number of benzene rings is 2. The summed E-state index contributed by atoms with van der Waals surface area (Å²) in [6.45, 7) is 20.1. The molecular formula is C44H59F2N5O5. The van der Waals surface area contributed by atoms with E-state index in [1.807, 2.05) is 81.4 Å². The lowest BCUT2D eigenvalue weighted by molar-refractivity contribution is 0.0561. The number of pyridine rings is 2. The molecule has 0 saturated carbocycles. The number of anilines is 2. The van der Waals surface area contributed by atoms with Gasteiger partial charge in [0.05, 0.1) is 0 Å². The number of carbonyl (C=O) groups is 2. The molecular weight excluding hydrogens is 717 g/mol. The first-order chi connectivity index (χ1) is 26.0. The van der Waals surface area contributed by atoms with Gasteiger partial charge < -0.3 is 20.3 Å². The Morgan fingerprint density at radius 3 is 1.25 bits per heavy atom. The minimum absolute atomic E-state index is 0.0361. The molecule has 56 heavy (non-hydrogen) atoms. The normalized spacial score (nSPS) is 12.0. The first-order valence-corrected chi connectivity index (χ1v) is 18.8. The van der Waals surface area contributed by atoms with Crippen LogP contribution in [0.15, 0.2) is 85.2 Å². The number of nitrogens with two attached hydrogens (primary N) is 1. The van der Waals surface area contributed by atoms with Crippen LogP contribution in [0.5, 0.6) is 0 Å². The second kappa shape index (κ2) is 19.3. The first kappa shape index (κ1) is 45.4. The molecule has 0 radical (unpaired) electrons. The standard InChI is InChI=1S/C22H30FN3O2.C22H29FN2O3/c1-21(2,3)28-20(27)26(19-11-6-16(12-13-24)14-25-19)15-22(4,5)17-7-9-18(23)10-8-17;1-21(2,3)28-20(27)25(19-11-6-16(12-13-26)14-24-19)15-22(4,5)17-7-9-18(23)10-8-17/h6-11,14H,12-13,15,24H2,1-5H3;6-11,14,26H,12-13,15H2,1-5H3. The molecule has 10 nitrogen and oxygen atoms in total. The lowest BCUT2D eigenvalue weighted by Gasteiger charge is -2.34. The molecule has 2 heterocycles. The predicted molar refractivity (Wildman–Crippen MR) is 218 cm³/mol. The van der Waals surface area contributed by atoms with Crippen molar-refractivity contribution in [3.63, 3.8) is 0 Å². The van der Waals surface area contributed by atoms with Crippen molar-refractivity contribution < 1.29 is 33.0 Å². The smallest absolute Gasteiger partial charge is 0.416 e. The molecule has 0 aliphatic rings. The van der Waals surface area contributed by atoms with E-state index in [4.69, 9.17) is 20.3 Å². The van der Waals surface area contributed by atoms with E-state index in [0.29, 0.717) is 37.7 Å². The van der Waals surface area contributed by atoms with Crippen LogP contribution in [-0.4, -0.2) is 64.7 Å². The molecule has 4 rings (SSSR count). The Kier molecular flexibility index (Phi) is 15.6. The van der Waals surface area contributed by atoms with Crippen LogP contribution in [0.2, 0.25) is 0 Å². The van der Waals surface area contributed by atoms with Gasteiger partial charge in [0.1, 0.15) is 34.5 Å². The zero-order valence-corrected chi connectivity index (χ0v) is 34.5. The molecule has 0 fully saturated rings. The Balaban J connectivity index is 0.000000300. The Hall–Kier alpha value is -4.94. The van der Waals surface area contributed by atoms with Gasteiger partial charge in [0.2, 0.25) is 0 Å². The molecule has 0 aliphatic heterocycles. The van der Waals surface area contributed by atoms with E-state index < -0.39 is 34.2 Å². The number of nitrogens with zero attached hydrogens (tertiary/aromatic N) is 4. The predicted octanol–water partition coefficient (Wildman–Crippen LogP) is 8.92. The van der Waals surface area contributed by atoms with E-state index in [2.05, 4.69) is 9.97 Å². The largest absolute Gasteiger partial charge is 0.443 e. The van der Waals surface area contributed by atoms with E-state index in [0.717, 1.165) is 28.7 Å². The molecule has 0 saturated heterocycles. The Morgan fingerprint density at radius 1 is 0.607 bits per heavy atom. The van der Waals surface area contributed by atoms with E-state index in [1.54, 1.807) is 48.8 Å². The van der Waals surface area contributed by atoms with Crippen LogP contribution in [0.1, 0.15) is 91.5 Å². The average Bonchev–Trinajstić information content (AvgIpc) is 3.10. The van der Waals surface area contributed by atoms with Crippen LogP contribution < -0.4 is 15.5 Å². The lowest BCUT2D eigenvalue weighted by Crippen LogP contribution is -2.44. The van der Waals surface area contributed by atoms with Crippen LogP contribution in [0, 0.1) is 11.6 Å². The van der Waals surface area contributed by atoms with Gasteiger partial charge >= 0.3 is 12.2 Å². The zero-order valence-electron chi connectivity index (χ0n) is 34.5. The lowest BCUT2D eigenvalue weighted by atomic mass is 9.84. The quantitative estimate of drug-likeness (QED) is 0.146. The van der Waals surface area contributed by atoms with E-state index in [1.165, 1.54) is 34.1 Å². The number of halogens is 2. The highest BCUT2D eigenvalue weighted by Crippen LogP contribution is 2.30. The maximum absolute atomic E-state index is 13.3. The third-order valence-corrected chi connectivity index (χ3v) is 8.59. The van der Waals surface area contributed by atoms with Crippen molar-refractivity contribution in [3.8, 4) is 0 Å². The number of hydrogen-bond acceptors (Lipinski definition) is 8. The first-order valence-electron chi connectivity index (χ1n) is 18.8. The Morgan fingerprint density at radius 2 is 0.964 bits per heavy atom. The monoisotopic (exact) mass is 775 g/mol. The van der Waals surface area contributed by atoms with Gasteiger partial charge in [0.25, 0.3) is 0 Å². The minimum atomic E-state index is -0.647. The molecule has 0 atom stereocenters. The fraction of sp³-hybridized carbons (Fsp3) is 0.455. The number of aliphatic hydroxyl groups excluding tert-OH is 1. The van der Waals surface area contributed by atoms with Gasteiger partial charge in [-0.25, -0.2) is 28.3 Å². The number of carbonyl (C=O) groups excluding carboxylic acids is 2. The van der Waals surface area contributed by atoms with Crippen LogP contribution in [0.25, 0.3) is 0 Å². The Bertz CT molecular complexity index is 1700. The average molecular weight is 776 g/mol. The molecule has 0 aliphatic carbocycles. The molecule has 2 amide bonds. The number of aromatic nitrogens is 2. The number of aliphatic hydroxyl groups is 1. The van der Waals surface area contributed by atoms with Crippen molar-refractivity contribution in [2.75, 3.05) is 36.0 Å². The van der Waals surface area contributed by atoms with Crippen molar-refractivity contribution in [1.29, 1.82) is 0 Å². The van der Waals surface area contributed by atoms with Gasteiger partial charge in [-0.3, -0.25) is 9.80 Å². The van der Waals surface area contributed by atoms with Crippen LogP contribution >= 0.6 is 0 Å². The molecule has 3 N–H and O–H groups in total. The van der Waals surface area contributed by atoms with Crippen LogP contribution in [-0.2, 0) is 33.1 Å². The second-order valence-electron chi connectivity index (χ2n) is 17.0. The van der Waals surface area contributed by atoms with E-state index in [9.17, 15) is 18.4 Å². The number of rotatable bonds is 12. The summed E-state index contributed by atoms with van der Waals surface area (Å²) >= 11 is 0. The van der Waals surface area contributed by atoms with Gasteiger partial charge in [0, 0.05) is 42.9 Å². The van der Waals surface area contributed by atoms with Crippen molar-refractivity contribution in [3.05, 3.63) is 119 Å². The van der Waals surface area contributed by atoms with Gasteiger partial charge in [-0.05, 0) is 120 Å². The molecule has 304 valence electrons. The van der Waals surface area contributed by atoms with Crippen molar-refractivity contribution in [1.82, 2.24) is 9.97 Å². The van der Waals surface area contributed by atoms with Crippen molar-refractivity contribution in [2.24, 2.45) is 5.73 Å². The van der Waals surface area contributed by atoms with Gasteiger partial charge in [-0.2, -0.15) is 0 Å². The zero-order chi connectivity index (χ0) is 41.9. The summed E-state index contributed by atoms with van der Waals surface area (Å²) in [6, 6.07) is 19.9. The van der Waals surface area contributed by atoms with E-state index >= 15 is 0 Å². The van der Waals surface area contributed by atoms with Crippen molar-refractivity contribution >= 4 is 23.8 Å². The highest BCUT2D eigenvalue weighted by atomic mass is 19.1. The third kappa shape index (κ3) is 14.3. The SMILES string of the molecule is CC(C)(C)OC(=O)N(CC(C)(C)c1ccc(F)cc1)c1ccc(CCN)cn1.CC(C)(C)OC(=O)N(CC(C)(C)c1ccc(F)cc1)c1ccc(CCO)cn1. The molecule has 0 unspecified atom stereocenters. The summed E-state index contributed by atoms with van der Waals surface area (Å²) in [4.78, 5) is 37.7. The highest BCUT2D eigenvalue weighted by Gasteiger charge is 2.33. The molecule has 0 spiro atoms. The summed E-state index contributed by atoms with van der Waals surface area (Å²) in [5.41, 5.74) is 7.13. The summed E-state index contributed by atoms with van der Waals surface area (Å²) in [5, 5.41) is 9.07. The molecule has 0 bridgehead atoms. The molecule has 2 aromatic carbocycles. The summed E-state index contributed by atoms with van der Waals surface area (Å²) in [7, 11) is 0. The summed E-state index contributed by atoms with van der Waals surface area (Å²) in [6.07, 6.45) is 3.63. The molecule has 4 aromatic rings. The fourth-order valence-electron chi connectivity index (χ4n) is 5.63. The fourth-order valence-corrected chi connectivity index (χ4v) is 5.63. The maximum atomic E-state index is 13.3. The second-order valence-corrected chi connectivity index (χ2v) is 17.0. The maximum Gasteiger partial charge on any atom is 0.416 e. The topological polar surface area (TPSA) is 131 Å². The number of amides is 2. The van der Waals surface area contributed by atoms with Crippen LogP contribution in [0.3, 0.4) is 0 Å². The van der Waals surface area contributed by atoms with Gasteiger partial charge in [-0.15, -0.1) is 0 Å². The highest BCUT2D eigenvalue weighted by molar-refractivity contribution is 5.87. The van der Waals surface area contributed by atoms with Crippen LogP contribution in [0.4, 0.5) is 30.0 Å². The number of ether oxygens (including phenoxy) is 2. The van der Waals surface area contributed by atoms with Gasteiger partial charge in [-0.1, -0.05) is 64.1 Å². The minimum Gasteiger partial charge on any atom is -0.443 e. The van der Waals surface area contributed by atoms with Crippen molar-refractivity contribution in [2.45, 2.75) is 104 Å². The molecule has 12 heteroatoms. The van der Waals surface area contributed by atoms with Gasteiger partial charge in [0.15, 0.2) is 0 Å². The number of hydrogen-bond donors (Lipinski definition) is 2. The Labute approximate surface area is 331 Å². The third-order valence-electron chi connectivity index (χ3n) is 8.59. The van der Waals surface area contributed by atoms with E-state index in [-0.39, 0.29) is 18.2 Å².